The minimum Gasteiger partial charge on any atom is -0.303 e. The molecular weight excluding hydrogens is 316 g/mol. The van der Waals surface area contributed by atoms with Crippen LogP contribution >= 0.6 is 0 Å². The zero-order valence-electron chi connectivity index (χ0n) is 17.2. The van der Waals surface area contributed by atoms with Crippen molar-refractivity contribution in [2.75, 3.05) is 0 Å². The highest BCUT2D eigenvalue weighted by molar-refractivity contribution is 5.55. The summed E-state index contributed by atoms with van der Waals surface area (Å²) >= 11 is 0. The second-order valence-electron chi connectivity index (χ2n) is 11.3. The van der Waals surface area contributed by atoms with Gasteiger partial charge in [0.15, 0.2) is 0 Å². The molecule has 8 atom stereocenters. The highest BCUT2D eigenvalue weighted by Crippen LogP contribution is 2.70. The van der Waals surface area contributed by atoms with Crippen LogP contribution in [0, 0.1) is 52.3 Å². The molecular formula is C25H40O. The summed E-state index contributed by atoms with van der Waals surface area (Å²) in [4.78, 5) is 12.0. The standard InChI is InChI=1S/C25H40O/c1-3-24-13-11-21-20(22(24)6-4-5-19(24)16-26)12-14-25(18-8-9-18)15-17(2)7-10-23(21)25/h16-23H,3-15H2,1-2H3/t17-,19+,20+,21?,22?,23+,24+,25+/m0/s1. The molecule has 0 aromatic heterocycles. The van der Waals surface area contributed by atoms with Crippen molar-refractivity contribution in [1.29, 1.82) is 0 Å². The first-order valence-corrected chi connectivity index (χ1v) is 12.1. The molecule has 2 unspecified atom stereocenters. The Kier molecular flexibility index (Phi) is 4.33. The van der Waals surface area contributed by atoms with Crippen LogP contribution in [0.4, 0.5) is 0 Å². The van der Waals surface area contributed by atoms with E-state index < -0.39 is 0 Å². The van der Waals surface area contributed by atoms with Gasteiger partial charge in [-0.15, -0.1) is 0 Å². The van der Waals surface area contributed by atoms with Crippen LogP contribution in [0.2, 0.25) is 0 Å². The van der Waals surface area contributed by atoms with Crippen LogP contribution in [0.1, 0.15) is 97.3 Å². The third-order valence-corrected chi connectivity index (χ3v) is 10.6. The van der Waals surface area contributed by atoms with E-state index in [9.17, 15) is 4.79 Å². The molecule has 0 radical (unpaired) electrons. The summed E-state index contributed by atoms with van der Waals surface area (Å²) in [6.45, 7) is 4.93. The summed E-state index contributed by atoms with van der Waals surface area (Å²) in [7, 11) is 0. The molecule has 1 nitrogen and oxygen atoms in total. The van der Waals surface area contributed by atoms with Gasteiger partial charge in [0.1, 0.15) is 6.29 Å². The summed E-state index contributed by atoms with van der Waals surface area (Å²) < 4.78 is 0. The van der Waals surface area contributed by atoms with Gasteiger partial charge >= 0.3 is 0 Å². The van der Waals surface area contributed by atoms with Crippen molar-refractivity contribution in [3.63, 3.8) is 0 Å². The number of hydrogen-bond donors (Lipinski definition) is 0. The zero-order valence-corrected chi connectivity index (χ0v) is 17.2. The number of rotatable bonds is 3. The maximum Gasteiger partial charge on any atom is 0.123 e. The van der Waals surface area contributed by atoms with Gasteiger partial charge in [0.2, 0.25) is 0 Å². The topological polar surface area (TPSA) is 17.1 Å². The van der Waals surface area contributed by atoms with E-state index in [-0.39, 0.29) is 0 Å². The van der Waals surface area contributed by atoms with Crippen molar-refractivity contribution in [1.82, 2.24) is 0 Å². The lowest BCUT2D eigenvalue weighted by Gasteiger charge is -2.64. The summed E-state index contributed by atoms with van der Waals surface area (Å²) in [6.07, 6.45) is 20.0. The quantitative estimate of drug-likeness (QED) is 0.517. The molecule has 0 bridgehead atoms. The van der Waals surface area contributed by atoms with Gasteiger partial charge in [0.05, 0.1) is 0 Å². The van der Waals surface area contributed by atoms with Crippen LogP contribution in [-0.2, 0) is 4.79 Å². The third kappa shape index (κ3) is 2.37. The number of hydrogen-bond acceptors (Lipinski definition) is 1. The summed E-state index contributed by atoms with van der Waals surface area (Å²) in [5.41, 5.74) is 1.12. The SMILES string of the molecule is CC[C@]12CCC3[C@@H](CC[C@]4(C5CC5)C[C@@H](C)CC[C@H]34)C1CCC[C@@H]2C=O. The molecule has 0 spiro atoms. The van der Waals surface area contributed by atoms with Crippen molar-refractivity contribution in [2.45, 2.75) is 97.3 Å². The van der Waals surface area contributed by atoms with E-state index in [4.69, 9.17) is 0 Å². The lowest BCUT2D eigenvalue weighted by Crippen LogP contribution is -2.56. The fraction of sp³-hybridized carbons (Fsp3) is 0.960. The van der Waals surface area contributed by atoms with Crippen LogP contribution < -0.4 is 0 Å². The van der Waals surface area contributed by atoms with Crippen LogP contribution in [0.5, 0.6) is 0 Å². The largest absolute Gasteiger partial charge is 0.303 e. The summed E-state index contributed by atoms with van der Waals surface area (Å²) in [5.74, 6) is 6.29. The first kappa shape index (κ1) is 17.7. The van der Waals surface area contributed by atoms with Crippen molar-refractivity contribution in [3.8, 4) is 0 Å². The first-order chi connectivity index (χ1) is 12.6. The Morgan fingerprint density at radius 2 is 1.65 bits per heavy atom. The molecule has 146 valence electrons. The maximum absolute atomic E-state index is 12.0. The lowest BCUT2D eigenvalue weighted by molar-refractivity contribution is -0.155. The van der Waals surface area contributed by atoms with Gasteiger partial charge in [0.25, 0.3) is 0 Å². The third-order valence-electron chi connectivity index (χ3n) is 10.6. The Bertz CT molecular complexity index is 550. The average molecular weight is 357 g/mol. The molecule has 5 aliphatic rings. The molecule has 0 amide bonds. The van der Waals surface area contributed by atoms with E-state index in [2.05, 4.69) is 13.8 Å². The first-order valence-electron chi connectivity index (χ1n) is 12.1. The minimum atomic E-state index is 0.369. The molecule has 0 aromatic rings. The number of aldehydes is 1. The molecule has 5 rings (SSSR count). The van der Waals surface area contributed by atoms with Crippen molar-refractivity contribution < 1.29 is 4.79 Å². The van der Waals surface area contributed by atoms with Gasteiger partial charge < -0.3 is 4.79 Å². The fourth-order valence-electron chi connectivity index (χ4n) is 9.53. The van der Waals surface area contributed by atoms with Gasteiger partial charge in [-0.2, -0.15) is 0 Å². The van der Waals surface area contributed by atoms with E-state index in [0.717, 1.165) is 40.9 Å². The molecule has 0 N–H and O–H groups in total. The highest BCUT2D eigenvalue weighted by Gasteiger charge is 2.62. The van der Waals surface area contributed by atoms with E-state index in [1.54, 1.807) is 6.42 Å². The van der Waals surface area contributed by atoms with E-state index in [0.29, 0.717) is 11.3 Å². The van der Waals surface area contributed by atoms with Crippen LogP contribution in [0.25, 0.3) is 0 Å². The van der Waals surface area contributed by atoms with Gasteiger partial charge in [0, 0.05) is 5.92 Å². The lowest BCUT2D eigenvalue weighted by atomic mass is 9.41. The van der Waals surface area contributed by atoms with Crippen molar-refractivity contribution >= 4 is 6.29 Å². The normalized spacial score (nSPS) is 53.9. The molecule has 0 saturated heterocycles. The van der Waals surface area contributed by atoms with Crippen LogP contribution in [-0.4, -0.2) is 6.29 Å². The molecule has 0 aliphatic heterocycles. The molecule has 5 saturated carbocycles. The molecule has 26 heavy (non-hydrogen) atoms. The summed E-state index contributed by atoms with van der Waals surface area (Å²) in [5, 5.41) is 0. The van der Waals surface area contributed by atoms with Gasteiger partial charge in [-0.1, -0.05) is 26.7 Å². The van der Waals surface area contributed by atoms with Crippen molar-refractivity contribution in [3.05, 3.63) is 0 Å². The van der Waals surface area contributed by atoms with E-state index in [1.165, 1.54) is 83.3 Å². The Balaban J connectivity index is 1.46. The van der Waals surface area contributed by atoms with Crippen molar-refractivity contribution in [2.24, 2.45) is 52.3 Å². The average Bonchev–Trinajstić information content (AvgIpc) is 3.52. The zero-order chi connectivity index (χ0) is 17.9. The predicted molar refractivity (Wildman–Crippen MR) is 107 cm³/mol. The second-order valence-corrected chi connectivity index (χ2v) is 11.3. The molecule has 0 heterocycles. The van der Waals surface area contributed by atoms with Gasteiger partial charge in [-0.25, -0.2) is 0 Å². The highest BCUT2D eigenvalue weighted by atomic mass is 16.1. The molecule has 0 aromatic carbocycles. The van der Waals surface area contributed by atoms with Crippen LogP contribution in [0.3, 0.4) is 0 Å². The second kappa shape index (κ2) is 6.35. The Labute approximate surface area is 161 Å². The van der Waals surface area contributed by atoms with Gasteiger partial charge in [-0.05, 0) is 117 Å². The monoisotopic (exact) mass is 356 g/mol. The van der Waals surface area contributed by atoms with E-state index in [1.807, 2.05) is 0 Å². The fourth-order valence-corrected chi connectivity index (χ4v) is 9.53. The number of carbonyl (C=O) groups excluding carboxylic acids is 1. The van der Waals surface area contributed by atoms with Crippen LogP contribution in [0.15, 0.2) is 0 Å². The summed E-state index contributed by atoms with van der Waals surface area (Å²) in [6, 6.07) is 0. The Morgan fingerprint density at radius 1 is 0.885 bits per heavy atom. The number of fused-ring (bicyclic) bond motifs is 5. The Hall–Kier alpha value is -0.330. The molecule has 5 fully saturated rings. The maximum atomic E-state index is 12.0. The number of carbonyl (C=O) groups is 1. The predicted octanol–water partition coefficient (Wildman–Crippen LogP) is 6.65. The molecule has 5 aliphatic carbocycles. The van der Waals surface area contributed by atoms with E-state index >= 15 is 0 Å². The van der Waals surface area contributed by atoms with Gasteiger partial charge in [-0.3, -0.25) is 0 Å². The molecule has 1 heteroatoms. The Morgan fingerprint density at radius 3 is 2.38 bits per heavy atom. The smallest absolute Gasteiger partial charge is 0.123 e. The minimum absolute atomic E-state index is 0.369.